The van der Waals surface area contributed by atoms with Gasteiger partial charge in [0, 0.05) is 17.2 Å². The SMILES string of the molecule is O=C(O)c1ccc([SH]2(=O)CCCN2)cc1. The summed E-state index contributed by atoms with van der Waals surface area (Å²) in [6.45, 7) is 0.776. The number of carboxylic acids is 1. The monoisotopic (exact) mass is 227 g/mol. The molecule has 1 aromatic rings. The van der Waals surface area contributed by atoms with Crippen LogP contribution < -0.4 is 4.72 Å². The average molecular weight is 227 g/mol. The molecule has 1 fully saturated rings. The summed E-state index contributed by atoms with van der Waals surface area (Å²) in [7, 11) is -2.42. The second-order valence-electron chi connectivity index (χ2n) is 3.58. The predicted molar refractivity (Wildman–Crippen MR) is 58.7 cm³/mol. The van der Waals surface area contributed by atoms with E-state index in [1.165, 1.54) is 12.1 Å². The minimum atomic E-state index is -2.42. The van der Waals surface area contributed by atoms with Crippen molar-refractivity contribution in [3.05, 3.63) is 29.8 Å². The van der Waals surface area contributed by atoms with Gasteiger partial charge in [-0.1, -0.05) is 0 Å². The summed E-state index contributed by atoms with van der Waals surface area (Å²) in [5.41, 5.74) is 0.226. The number of rotatable bonds is 2. The van der Waals surface area contributed by atoms with E-state index < -0.39 is 16.1 Å². The van der Waals surface area contributed by atoms with Crippen LogP contribution >= 0.6 is 0 Å². The molecule has 82 valence electrons. The van der Waals surface area contributed by atoms with Crippen molar-refractivity contribution in [1.82, 2.24) is 4.72 Å². The number of carboxylic acid groups (broad SMARTS) is 1. The summed E-state index contributed by atoms with van der Waals surface area (Å²) in [5.74, 6) is -0.293. The Kier molecular flexibility index (Phi) is 2.58. The van der Waals surface area contributed by atoms with Crippen LogP contribution in [-0.2, 0) is 10.1 Å². The number of hydrogen-bond donors (Lipinski definition) is 3. The Hall–Kier alpha value is -1.20. The quantitative estimate of drug-likeness (QED) is 0.650. The molecule has 15 heavy (non-hydrogen) atoms. The Morgan fingerprint density at radius 2 is 2.00 bits per heavy atom. The standard InChI is InChI=1S/C10H13NO3S/c12-10(13)8-2-4-9(5-3-8)15(14)7-1-6-11-15/h2-5,15H,1,6-7H2,(H,11,14)(H,12,13). The molecule has 0 bridgehead atoms. The third-order valence-electron chi connectivity index (χ3n) is 2.55. The van der Waals surface area contributed by atoms with Crippen molar-refractivity contribution in [1.29, 1.82) is 0 Å². The number of carbonyl (C=O) groups is 1. The minimum Gasteiger partial charge on any atom is -0.478 e. The van der Waals surface area contributed by atoms with Gasteiger partial charge in [-0.2, -0.15) is 0 Å². The van der Waals surface area contributed by atoms with Gasteiger partial charge in [-0.15, -0.1) is 0 Å². The number of hydrogen-bond acceptors (Lipinski definition) is 2. The van der Waals surface area contributed by atoms with E-state index in [9.17, 15) is 9.00 Å². The molecule has 5 heteroatoms. The van der Waals surface area contributed by atoms with Crippen molar-refractivity contribution in [2.24, 2.45) is 0 Å². The molecule has 1 aliphatic heterocycles. The first-order valence-electron chi connectivity index (χ1n) is 4.80. The van der Waals surface area contributed by atoms with Crippen LogP contribution in [0.5, 0.6) is 0 Å². The molecule has 1 saturated heterocycles. The Morgan fingerprint density at radius 3 is 2.47 bits per heavy atom. The largest absolute Gasteiger partial charge is 0.478 e. The highest BCUT2D eigenvalue weighted by Crippen LogP contribution is 2.21. The second-order valence-corrected chi connectivity index (χ2v) is 6.34. The lowest BCUT2D eigenvalue weighted by Crippen LogP contribution is -2.26. The van der Waals surface area contributed by atoms with E-state index in [-0.39, 0.29) is 5.56 Å². The Bertz CT molecular complexity index is 417. The molecule has 0 unspecified atom stereocenters. The molecule has 1 aromatic carbocycles. The molecular formula is C10H13NO3S. The van der Waals surface area contributed by atoms with Crippen LogP contribution in [-0.4, -0.2) is 27.6 Å². The van der Waals surface area contributed by atoms with E-state index in [0.717, 1.165) is 17.9 Å². The molecule has 0 radical (unpaired) electrons. The van der Waals surface area contributed by atoms with E-state index >= 15 is 0 Å². The minimum absolute atomic E-state index is 0.226. The van der Waals surface area contributed by atoms with E-state index in [1.54, 1.807) is 12.1 Å². The molecule has 0 aliphatic carbocycles. The molecule has 2 N–H and O–H groups in total. The van der Waals surface area contributed by atoms with E-state index in [0.29, 0.717) is 5.75 Å². The lowest BCUT2D eigenvalue weighted by molar-refractivity contribution is 0.0697. The lowest BCUT2D eigenvalue weighted by atomic mass is 10.2. The molecule has 2 rings (SSSR count). The van der Waals surface area contributed by atoms with Gasteiger partial charge in [-0.3, -0.25) is 8.93 Å². The molecule has 0 aromatic heterocycles. The van der Waals surface area contributed by atoms with Crippen LogP contribution in [0.2, 0.25) is 0 Å². The Morgan fingerprint density at radius 1 is 1.33 bits per heavy atom. The maximum Gasteiger partial charge on any atom is 0.335 e. The molecule has 4 nitrogen and oxygen atoms in total. The van der Waals surface area contributed by atoms with Gasteiger partial charge in [0.05, 0.1) is 5.56 Å². The zero-order valence-electron chi connectivity index (χ0n) is 8.14. The third-order valence-corrected chi connectivity index (χ3v) is 5.36. The fraction of sp³-hybridized carbons (Fsp3) is 0.300. The predicted octanol–water partition coefficient (Wildman–Crippen LogP) is 0.669. The smallest absolute Gasteiger partial charge is 0.335 e. The summed E-state index contributed by atoms with van der Waals surface area (Å²) in [5, 5.41) is 8.72. The van der Waals surface area contributed by atoms with E-state index in [4.69, 9.17) is 5.11 Å². The Labute approximate surface area is 88.9 Å². The van der Waals surface area contributed by atoms with Crippen LogP contribution in [0.1, 0.15) is 16.8 Å². The number of thiol groups is 1. The fourth-order valence-corrected chi connectivity index (χ4v) is 4.06. The second kappa shape index (κ2) is 3.75. The first-order chi connectivity index (χ1) is 7.12. The average Bonchev–Trinajstić information content (AvgIpc) is 2.67. The van der Waals surface area contributed by atoms with Crippen LogP contribution in [0.3, 0.4) is 0 Å². The molecule has 0 spiro atoms. The van der Waals surface area contributed by atoms with Gasteiger partial charge in [0.1, 0.15) is 0 Å². The maximum absolute atomic E-state index is 12.2. The van der Waals surface area contributed by atoms with Crippen LogP contribution in [0.15, 0.2) is 29.2 Å². The summed E-state index contributed by atoms with van der Waals surface area (Å²) >= 11 is 0. The van der Waals surface area contributed by atoms with Crippen molar-refractivity contribution in [3.8, 4) is 0 Å². The fourth-order valence-electron chi connectivity index (χ4n) is 1.71. The zero-order valence-corrected chi connectivity index (χ0v) is 9.04. The normalized spacial score (nSPS) is 21.1. The Balaban J connectivity index is 2.31. The van der Waals surface area contributed by atoms with Crippen molar-refractivity contribution in [2.45, 2.75) is 11.3 Å². The number of benzene rings is 1. The van der Waals surface area contributed by atoms with Gasteiger partial charge in [0.15, 0.2) is 0 Å². The van der Waals surface area contributed by atoms with Crippen LogP contribution in [0.25, 0.3) is 0 Å². The number of nitrogens with one attached hydrogen (secondary N) is 1. The first kappa shape index (κ1) is 10.3. The van der Waals surface area contributed by atoms with Crippen molar-refractivity contribution in [3.63, 3.8) is 0 Å². The van der Waals surface area contributed by atoms with Gasteiger partial charge in [-0.25, -0.2) is 4.79 Å². The van der Waals surface area contributed by atoms with Gasteiger partial charge in [0.25, 0.3) is 0 Å². The van der Waals surface area contributed by atoms with Gasteiger partial charge in [-0.05, 0) is 40.8 Å². The molecule has 1 heterocycles. The maximum atomic E-state index is 12.2. The van der Waals surface area contributed by atoms with E-state index in [1.807, 2.05) is 0 Å². The number of aromatic carboxylic acids is 1. The highest BCUT2D eigenvalue weighted by atomic mass is 32.3. The molecule has 0 atom stereocenters. The molecule has 0 amide bonds. The zero-order chi connectivity index (χ0) is 10.9. The van der Waals surface area contributed by atoms with Gasteiger partial charge in [0.2, 0.25) is 0 Å². The highest BCUT2D eigenvalue weighted by molar-refractivity contribution is 8.01. The van der Waals surface area contributed by atoms with Crippen LogP contribution in [0.4, 0.5) is 0 Å². The highest BCUT2D eigenvalue weighted by Gasteiger charge is 2.22. The van der Waals surface area contributed by atoms with Crippen LogP contribution in [0, 0.1) is 0 Å². The summed E-state index contributed by atoms with van der Waals surface area (Å²) in [6.07, 6.45) is 0.915. The molecular weight excluding hydrogens is 214 g/mol. The van der Waals surface area contributed by atoms with Crippen molar-refractivity contribution >= 4 is 16.1 Å². The van der Waals surface area contributed by atoms with Gasteiger partial charge < -0.3 is 5.11 Å². The molecule has 1 aliphatic rings. The summed E-state index contributed by atoms with van der Waals surface area (Å²) < 4.78 is 15.2. The lowest BCUT2D eigenvalue weighted by Gasteiger charge is -2.18. The topological polar surface area (TPSA) is 66.4 Å². The van der Waals surface area contributed by atoms with Crippen molar-refractivity contribution < 1.29 is 14.1 Å². The first-order valence-corrected chi connectivity index (χ1v) is 6.69. The van der Waals surface area contributed by atoms with Crippen molar-refractivity contribution in [2.75, 3.05) is 12.3 Å². The molecule has 0 saturated carbocycles. The summed E-state index contributed by atoms with van der Waals surface area (Å²) in [6, 6.07) is 6.28. The third kappa shape index (κ3) is 1.93. The van der Waals surface area contributed by atoms with Gasteiger partial charge >= 0.3 is 5.97 Å². The van der Waals surface area contributed by atoms with E-state index in [2.05, 4.69) is 4.72 Å². The summed E-state index contributed by atoms with van der Waals surface area (Å²) in [4.78, 5) is 11.4.